The third-order valence-electron chi connectivity index (χ3n) is 3.58. The molecule has 0 aliphatic rings. The zero-order chi connectivity index (χ0) is 16.0. The van der Waals surface area contributed by atoms with Gasteiger partial charge in [-0.2, -0.15) is 0 Å². The van der Waals surface area contributed by atoms with Crippen LogP contribution >= 0.6 is 0 Å². The topological polar surface area (TPSA) is 66.4 Å². The second-order valence-electron chi connectivity index (χ2n) is 5.64. The summed E-state index contributed by atoms with van der Waals surface area (Å²) in [6.45, 7) is 5.34. The van der Waals surface area contributed by atoms with E-state index in [1.54, 1.807) is 13.8 Å². The van der Waals surface area contributed by atoms with Gasteiger partial charge < -0.3 is 10.4 Å². The van der Waals surface area contributed by atoms with Crippen molar-refractivity contribution in [2.45, 2.75) is 51.5 Å². The number of carboxylic acid groups (broad SMARTS) is 1. The summed E-state index contributed by atoms with van der Waals surface area (Å²) in [5.41, 5.74) is -0.283. The maximum Gasteiger partial charge on any atom is 0.326 e. The van der Waals surface area contributed by atoms with Crippen LogP contribution in [0.2, 0.25) is 0 Å². The van der Waals surface area contributed by atoms with E-state index >= 15 is 0 Å². The normalized spacial score (nSPS) is 12.8. The molecule has 116 valence electrons. The van der Waals surface area contributed by atoms with Gasteiger partial charge in [0.15, 0.2) is 0 Å². The van der Waals surface area contributed by atoms with Crippen molar-refractivity contribution in [3.63, 3.8) is 0 Å². The highest BCUT2D eigenvalue weighted by Gasteiger charge is 2.32. The zero-order valence-electron chi connectivity index (χ0n) is 12.6. The minimum absolute atomic E-state index is 0.374. The number of carbonyl (C=O) groups excluding carboxylic acids is 1. The van der Waals surface area contributed by atoms with Crippen molar-refractivity contribution in [3.8, 4) is 0 Å². The zero-order valence-corrected chi connectivity index (χ0v) is 12.6. The minimum Gasteiger partial charge on any atom is -0.480 e. The smallest absolute Gasteiger partial charge is 0.326 e. The van der Waals surface area contributed by atoms with Crippen molar-refractivity contribution >= 4 is 11.9 Å². The lowest BCUT2D eigenvalue weighted by Gasteiger charge is -2.26. The van der Waals surface area contributed by atoms with E-state index in [0.29, 0.717) is 12.0 Å². The fourth-order valence-corrected chi connectivity index (χ4v) is 2.00. The Labute approximate surface area is 124 Å². The number of nitrogens with one attached hydrogen (secondary N) is 1. The molecule has 4 nitrogen and oxygen atoms in total. The van der Waals surface area contributed by atoms with E-state index in [4.69, 9.17) is 5.11 Å². The van der Waals surface area contributed by atoms with E-state index in [0.717, 1.165) is 12.8 Å². The molecule has 1 rings (SSSR count). The molecule has 0 unspecified atom stereocenters. The molecule has 0 aliphatic carbocycles. The lowest BCUT2D eigenvalue weighted by molar-refractivity contribution is -0.142. The van der Waals surface area contributed by atoms with Gasteiger partial charge >= 0.3 is 5.97 Å². The summed E-state index contributed by atoms with van der Waals surface area (Å²) in [6.07, 6.45) is 1.99. The minimum atomic E-state index is -1.04. The van der Waals surface area contributed by atoms with Crippen molar-refractivity contribution in [3.05, 3.63) is 35.6 Å². The van der Waals surface area contributed by atoms with E-state index in [-0.39, 0.29) is 11.7 Å². The largest absolute Gasteiger partial charge is 0.480 e. The molecule has 0 radical (unpaired) electrons. The maximum atomic E-state index is 13.0. The van der Waals surface area contributed by atoms with Gasteiger partial charge in [-0.3, -0.25) is 4.79 Å². The first kappa shape index (κ1) is 17.1. The summed E-state index contributed by atoms with van der Waals surface area (Å²) in [7, 11) is 0. The molecule has 0 heterocycles. The lowest BCUT2D eigenvalue weighted by atomic mass is 9.83. The SMILES string of the molecule is CCCC[C@H](NC(=O)C(C)(C)c1ccc(F)cc1)C(=O)O. The standard InChI is InChI=1S/C16H22FNO3/c1-4-5-6-13(14(19)20)18-15(21)16(2,3)11-7-9-12(17)10-8-11/h7-10,13H,4-6H2,1-3H3,(H,18,21)(H,19,20)/t13-/m0/s1. The van der Waals surface area contributed by atoms with Crippen molar-refractivity contribution < 1.29 is 19.1 Å². The molecule has 5 heteroatoms. The number of carboxylic acids is 1. The number of hydrogen-bond acceptors (Lipinski definition) is 2. The Morgan fingerprint density at radius 1 is 1.29 bits per heavy atom. The first-order valence-corrected chi connectivity index (χ1v) is 7.08. The lowest BCUT2D eigenvalue weighted by Crippen LogP contribution is -2.48. The Hall–Kier alpha value is -1.91. The molecule has 0 spiro atoms. The van der Waals surface area contributed by atoms with Crippen LogP contribution in [-0.2, 0) is 15.0 Å². The molecule has 0 bridgehead atoms. The first-order valence-electron chi connectivity index (χ1n) is 7.08. The molecule has 0 saturated heterocycles. The molecule has 21 heavy (non-hydrogen) atoms. The summed E-state index contributed by atoms with van der Waals surface area (Å²) < 4.78 is 13.0. The molecule has 0 aromatic heterocycles. The Morgan fingerprint density at radius 3 is 2.33 bits per heavy atom. The number of carbonyl (C=O) groups is 2. The average Bonchev–Trinajstić information content (AvgIpc) is 2.43. The first-order chi connectivity index (χ1) is 9.78. The van der Waals surface area contributed by atoms with E-state index in [2.05, 4.69) is 5.32 Å². The van der Waals surface area contributed by atoms with Crippen LogP contribution < -0.4 is 5.32 Å². The molecule has 1 atom stereocenters. The van der Waals surface area contributed by atoms with Gasteiger partial charge in [-0.25, -0.2) is 9.18 Å². The summed E-state index contributed by atoms with van der Waals surface area (Å²) >= 11 is 0. The highest BCUT2D eigenvalue weighted by molar-refractivity contribution is 5.90. The van der Waals surface area contributed by atoms with Gasteiger partial charge in [0.05, 0.1) is 5.41 Å². The van der Waals surface area contributed by atoms with E-state index in [9.17, 15) is 14.0 Å². The molecular formula is C16H22FNO3. The van der Waals surface area contributed by atoms with Gasteiger partial charge in [0.2, 0.25) is 5.91 Å². The van der Waals surface area contributed by atoms with Crippen molar-refractivity contribution in [2.75, 3.05) is 0 Å². The molecule has 1 amide bonds. The Bertz CT molecular complexity index is 497. The third-order valence-corrected chi connectivity index (χ3v) is 3.58. The predicted octanol–water partition coefficient (Wildman–Crippen LogP) is 2.86. The summed E-state index contributed by atoms with van der Waals surface area (Å²) in [5.74, 6) is -1.79. The number of rotatable bonds is 7. The average molecular weight is 295 g/mol. The van der Waals surface area contributed by atoms with Gasteiger partial charge in [-0.05, 0) is 38.0 Å². The van der Waals surface area contributed by atoms with E-state index in [1.165, 1.54) is 24.3 Å². The summed E-state index contributed by atoms with van der Waals surface area (Å²) in [6, 6.07) is 4.76. The maximum absolute atomic E-state index is 13.0. The predicted molar refractivity (Wildman–Crippen MR) is 78.5 cm³/mol. The molecular weight excluding hydrogens is 273 g/mol. The van der Waals surface area contributed by atoms with Crippen molar-refractivity contribution in [2.24, 2.45) is 0 Å². The number of aliphatic carboxylic acids is 1. The number of hydrogen-bond donors (Lipinski definition) is 2. The molecule has 1 aromatic rings. The van der Waals surface area contributed by atoms with Gasteiger partial charge in [0.25, 0.3) is 0 Å². The number of halogens is 1. The fraction of sp³-hybridized carbons (Fsp3) is 0.500. The van der Waals surface area contributed by atoms with Crippen LogP contribution in [0.5, 0.6) is 0 Å². The Morgan fingerprint density at radius 2 is 1.86 bits per heavy atom. The summed E-state index contributed by atoms with van der Waals surface area (Å²) in [5, 5.41) is 11.7. The van der Waals surface area contributed by atoms with Crippen LogP contribution in [0, 0.1) is 5.82 Å². The second kappa shape index (κ2) is 7.20. The van der Waals surface area contributed by atoms with Crippen LogP contribution in [0.15, 0.2) is 24.3 Å². The molecule has 0 saturated carbocycles. The Kier molecular flexibility index (Phi) is 5.88. The van der Waals surface area contributed by atoms with E-state index < -0.39 is 17.4 Å². The highest BCUT2D eigenvalue weighted by atomic mass is 19.1. The fourth-order valence-electron chi connectivity index (χ4n) is 2.00. The highest BCUT2D eigenvalue weighted by Crippen LogP contribution is 2.24. The van der Waals surface area contributed by atoms with Gasteiger partial charge in [-0.15, -0.1) is 0 Å². The van der Waals surface area contributed by atoms with Crippen LogP contribution in [0.1, 0.15) is 45.6 Å². The van der Waals surface area contributed by atoms with Crippen LogP contribution in [0.3, 0.4) is 0 Å². The molecule has 2 N–H and O–H groups in total. The van der Waals surface area contributed by atoms with Crippen molar-refractivity contribution in [1.29, 1.82) is 0 Å². The monoisotopic (exact) mass is 295 g/mol. The second-order valence-corrected chi connectivity index (χ2v) is 5.64. The summed E-state index contributed by atoms with van der Waals surface area (Å²) in [4.78, 5) is 23.5. The number of amides is 1. The number of benzene rings is 1. The quantitative estimate of drug-likeness (QED) is 0.813. The Balaban J connectivity index is 2.84. The molecule has 0 fully saturated rings. The third kappa shape index (κ3) is 4.55. The van der Waals surface area contributed by atoms with Gasteiger partial charge in [-0.1, -0.05) is 31.9 Å². The van der Waals surface area contributed by atoms with Crippen LogP contribution in [0.25, 0.3) is 0 Å². The molecule has 0 aliphatic heterocycles. The van der Waals surface area contributed by atoms with Crippen molar-refractivity contribution in [1.82, 2.24) is 5.32 Å². The van der Waals surface area contributed by atoms with Gasteiger partial charge in [0.1, 0.15) is 11.9 Å². The number of unbranched alkanes of at least 4 members (excludes halogenated alkanes) is 1. The molecule has 1 aromatic carbocycles. The van der Waals surface area contributed by atoms with Crippen LogP contribution in [-0.4, -0.2) is 23.0 Å². The van der Waals surface area contributed by atoms with Crippen LogP contribution in [0.4, 0.5) is 4.39 Å². The van der Waals surface area contributed by atoms with E-state index in [1.807, 2.05) is 6.92 Å². The van der Waals surface area contributed by atoms with Gasteiger partial charge in [0, 0.05) is 0 Å².